The van der Waals surface area contributed by atoms with Crippen molar-refractivity contribution in [3.05, 3.63) is 18.0 Å². The predicted octanol–water partition coefficient (Wildman–Crippen LogP) is 2.77. The summed E-state index contributed by atoms with van der Waals surface area (Å²) in [6.45, 7) is 6.65. The van der Waals surface area contributed by atoms with Crippen molar-refractivity contribution in [3.63, 3.8) is 0 Å². The van der Waals surface area contributed by atoms with Crippen LogP contribution in [-0.4, -0.2) is 15.8 Å². The Hall–Kier alpha value is -0.830. The zero-order valence-corrected chi connectivity index (χ0v) is 11.3. The van der Waals surface area contributed by atoms with Crippen LogP contribution < -0.4 is 5.73 Å². The van der Waals surface area contributed by atoms with Crippen molar-refractivity contribution in [2.75, 3.05) is 0 Å². The molecule has 2 rings (SSSR count). The topological polar surface area (TPSA) is 43.8 Å². The van der Waals surface area contributed by atoms with Gasteiger partial charge in [0.05, 0.1) is 5.69 Å². The third kappa shape index (κ3) is 3.09. The van der Waals surface area contributed by atoms with E-state index in [1.165, 1.54) is 25.0 Å². The summed E-state index contributed by atoms with van der Waals surface area (Å²) >= 11 is 0. The van der Waals surface area contributed by atoms with Gasteiger partial charge in [0.1, 0.15) is 0 Å². The van der Waals surface area contributed by atoms with Crippen LogP contribution in [0, 0.1) is 11.8 Å². The van der Waals surface area contributed by atoms with Gasteiger partial charge in [0.25, 0.3) is 0 Å². The molecule has 1 heterocycles. The molecule has 2 N–H and O–H groups in total. The van der Waals surface area contributed by atoms with Gasteiger partial charge in [-0.25, -0.2) is 0 Å². The first kappa shape index (κ1) is 12.6. The Morgan fingerprint density at radius 1 is 1.47 bits per heavy atom. The molecule has 3 nitrogen and oxygen atoms in total. The molecule has 1 aromatic rings. The molecule has 1 saturated carbocycles. The van der Waals surface area contributed by atoms with Gasteiger partial charge in [0, 0.05) is 18.3 Å². The number of hydrogen-bond donors (Lipinski definition) is 1. The standard InChI is InChI=1S/C14H25N3/c1-10(2)17-7-6-13(16-17)9-12-8-11(3)4-5-14(12)15/h6-7,10-12,14H,4-5,8-9,15H2,1-3H3. The maximum atomic E-state index is 6.22. The van der Waals surface area contributed by atoms with Crippen LogP contribution in [-0.2, 0) is 6.42 Å². The summed E-state index contributed by atoms with van der Waals surface area (Å²) in [6.07, 6.45) is 6.85. The number of nitrogens with zero attached hydrogens (tertiary/aromatic N) is 2. The SMILES string of the molecule is CC1CCC(N)C(Cc2ccn(C(C)C)n2)C1. The van der Waals surface area contributed by atoms with Gasteiger partial charge in [-0.1, -0.05) is 6.92 Å². The van der Waals surface area contributed by atoms with E-state index in [0.29, 0.717) is 18.0 Å². The molecule has 0 radical (unpaired) electrons. The fourth-order valence-electron chi connectivity index (χ4n) is 2.80. The molecule has 0 saturated heterocycles. The minimum Gasteiger partial charge on any atom is -0.327 e. The third-order valence-corrected chi connectivity index (χ3v) is 3.97. The second kappa shape index (κ2) is 5.21. The van der Waals surface area contributed by atoms with E-state index in [4.69, 9.17) is 5.73 Å². The molecule has 3 atom stereocenters. The van der Waals surface area contributed by atoms with Crippen LogP contribution in [0.3, 0.4) is 0 Å². The van der Waals surface area contributed by atoms with E-state index in [0.717, 1.165) is 12.3 Å². The number of aromatic nitrogens is 2. The molecule has 17 heavy (non-hydrogen) atoms. The molecular weight excluding hydrogens is 210 g/mol. The lowest BCUT2D eigenvalue weighted by molar-refractivity contribution is 0.243. The monoisotopic (exact) mass is 235 g/mol. The molecule has 3 heteroatoms. The third-order valence-electron chi connectivity index (χ3n) is 3.97. The van der Waals surface area contributed by atoms with Crippen LogP contribution in [0.2, 0.25) is 0 Å². The highest BCUT2D eigenvalue weighted by Gasteiger charge is 2.26. The minimum absolute atomic E-state index is 0.371. The highest BCUT2D eigenvalue weighted by Crippen LogP contribution is 2.30. The van der Waals surface area contributed by atoms with Gasteiger partial charge >= 0.3 is 0 Å². The maximum Gasteiger partial charge on any atom is 0.0628 e. The molecule has 0 aromatic carbocycles. The minimum atomic E-state index is 0.371. The van der Waals surface area contributed by atoms with Crippen molar-refractivity contribution in [2.24, 2.45) is 17.6 Å². The quantitative estimate of drug-likeness (QED) is 0.875. The summed E-state index contributed by atoms with van der Waals surface area (Å²) in [5.74, 6) is 1.45. The van der Waals surface area contributed by atoms with Gasteiger partial charge in [0.2, 0.25) is 0 Å². The Morgan fingerprint density at radius 3 is 2.88 bits per heavy atom. The van der Waals surface area contributed by atoms with Crippen molar-refractivity contribution in [3.8, 4) is 0 Å². The van der Waals surface area contributed by atoms with E-state index in [1.54, 1.807) is 0 Å². The van der Waals surface area contributed by atoms with Crippen molar-refractivity contribution in [2.45, 2.75) is 58.5 Å². The zero-order chi connectivity index (χ0) is 12.4. The number of hydrogen-bond acceptors (Lipinski definition) is 2. The second-order valence-electron chi connectivity index (χ2n) is 5.93. The van der Waals surface area contributed by atoms with E-state index in [2.05, 4.69) is 38.1 Å². The van der Waals surface area contributed by atoms with Crippen LogP contribution >= 0.6 is 0 Å². The Labute approximate surface area is 104 Å². The van der Waals surface area contributed by atoms with E-state index in [-0.39, 0.29) is 0 Å². The molecule has 3 unspecified atom stereocenters. The Balaban J connectivity index is 1.98. The number of rotatable bonds is 3. The van der Waals surface area contributed by atoms with Gasteiger partial charge in [-0.2, -0.15) is 5.10 Å². The average Bonchev–Trinajstić information content (AvgIpc) is 2.72. The normalized spacial score (nSPS) is 29.8. The summed E-state index contributed by atoms with van der Waals surface area (Å²) in [6, 6.07) is 2.96. The highest BCUT2D eigenvalue weighted by atomic mass is 15.3. The number of nitrogens with two attached hydrogens (primary N) is 1. The predicted molar refractivity (Wildman–Crippen MR) is 70.8 cm³/mol. The Morgan fingerprint density at radius 2 is 2.24 bits per heavy atom. The van der Waals surface area contributed by atoms with Crippen molar-refractivity contribution < 1.29 is 0 Å². The molecule has 1 aliphatic rings. The van der Waals surface area contributed by atoms with Crippen LogP contribution in [0.5, 0.6) is 0 Å². The lowest BCUT2D eigenvalue weighted by Crippen LogP contribution is -2.36. The molecule has 0 amide bonds. The zero-order valence-electron chi connectivity index (χ0n) is 11.3. The summed E-state index contributed by atoms with van der Waals surface area (Å²) < 4.78 is 2.03. The van der Waals surface area contributed by atoms with Crippen molar-refractivity contribution in [1.29, 1.82) is 0 Å². The first-order valence-corrected chi connectivity index (χ1v) is 6.86. The van der Waals surface area contributed by atoms with Crippen LogP contribution in [0.1, 0.15) is 51.8 Å². The van der Waals surface area contributed by atoms with Gasteiger partial charge in [-0.05, 0) is 57.4 Å². The van der Waals surface area contributed by atoms with Crippen LogP contribution in [0.15, 0.2) is 12.3 Å². The largest absolute Gasteiger partial charge is 0.327 e. The smallest absolute Gasteiger partial charge is 0.0628 e. The van der Waals surface area contributed by atoms with Gasteiger partial charge < -0.3 is 5.73 Å². The lowest BCUT2D eigenvalue weighted by Gasteiger charge is -2.32. The van der Waals surface area contributed by atoms with Crippen molar-refractivity contribution in [1.82, 2.24) is 9.78 Å². The van der Waals surface area contributed by atoms with Gasteiger partial charge in [0.15, 0.2) is 0 Å². The van der Waals surface area contributed by atoms with E-state index in [9.17, 15) is 0 Å². The van der Waals surface area contributed by atoms with E-state index >= 15 is 0 Å². The average molecular weight is 235 g/mol. The summed E-state index contributed by atoms with van der Waals surface area (Å²) in [7, 11) is 0. The molecule has 0 aliphatic heterocycles. The highest BCUT2D eigenvalue weighted by molar-refractivity contribution is 5.02. The lowest BCUT2D eigenvalue weighted by atomic mass is 9.77. The van der Waals surface area contributed by atoms with Gasteiger partial charge in [-0.15, -0.1) is 0 Å². The van der Waals surface area contributed by atoms with E-state index < -0.39 is 0 Å². The maximum absolute atomic E-state index is 6.22. The fraction of sp³-hybridized carbons (Fsp3) is 0.786. The molecule has 1 aromatic heterocycles. The second-order valence-corrected chi connectivity index (χ2v) is 5.93. The summed E-state index contributed by atoms with van der Waals surface area (Å²) in [5.41, 5.74) is 7.42. The molecule has 96 valence electrons. The Kier molecular flexibility index (Phi) is 3.87. The fourth-order valence-corrected chi connectivity index (χ4v) is 2.80. The molecule has 1 fully saturated rings. The van der Waals surface area contributed by atoms with Crippen LogP contribution in [0.4, 0.5) is 0 Å². The Bertz CT molecular complexity index is 356. The molecule has 0 bridgehead atoms. The van der Waals surface area contributed by atoms with Crippen molar-refractivity contribution >= 4 is 0 Å². The first-order valence-electron chi connectivity index (χ1n) is 6.86. The molecule has 0 spiro atoms. The summed E-state index contributed by atoms with van der Waals surface area (Å²) in [4.78, 5) is 0. The molecule has 1 aliphatic carbocycles. The first-order chi connectivity index (χ1) is 8.06. The summed E-state index contributed by atoms with van der Waals surface area (Å²) in [5, 5.41) is 4.62. The van der Waals surface area contributed by atoms with Crippen LogP contribution in [0.25, 0.3) is 0 Å². The van der Waals surface area contributed by atoms with Gasteiger partial charge in [-0.3, -0.25) is 4.68 Å². The van der Waals surface area contributed by atoms with E-state index in [1.807, 2.05) is 4.68 Å². The molecular formula is C14H25N3.